The minimum Gasteiger partial charge on any atom is -0.858 e. The highest BCUT2D eigenvalue weighted by Gasteiger charge is 2.10. The van der Waals surface area contributed by atoms with E-state index in [1.165, 1.54) is 0 Å². The molecule has 0 N–H and O–H groups in total. The lowest BCUT2D eigenvalue weighted by molar-refractivity contribution is -0.877. The molecule has 0 spiro atoms. The van der Waals surface area contributed by atoms with E-state index < -0.39 is 0 Å². The monoisotopic (exact) mass is 295 g/mol. The molecular weight excluding hydrogens is 274 g/mol. The largest absolute Gasteiger partial charge is 0.858 e. The Morgan fingerprint density at radius 1 is 0.864 bits per heavy atom. The molecule has 0 amide bonds. The van der Waals surface area contributed by atoms with Gasteiger partial charge in [-0.3, -0.25) is 0 Å². The van der Waals surface area contributed by atoms with E-state index in [2.05, 4.69) is 10.1 Å². The summed E-state index contributed by atoms with van der Waals surface area (Å²) in [7, 11) is 5.78. The summed E-state index contributed by atoms with van der Waals surface area (Å²) < 4.78 is 0.342. The molecule has 0 radical (unpaired) electrons. The summed E-state index contributed by atoms with van der Waals surface area (Å²) in [6, 6.07) is 16.9. The van der Waals surface area contributed by atoms with Gasteiger partial charge in [-0.1, -0.05) is 65.3 Å². The summed E-state index contributed by atoms with van der Waals surface area (Å²) in [5.41, 5.74) is 2.51. The van der Waals surface area contributed by atoms with E-state index >= 15 is 0 Å². The van der Waals surface area contributed by atoms with Crippen molar-refractivity contribution in [3.8, 4) is 0 Å². The Balaban J connectivity index is 2.44. The number of nitrogens with zero attached hydrogens (tertiary/aromatic N) is 3. The fourth-order valence-electron chi connectivity index (χ4n) is 1.87. The van der Waals surface area contributed by atoms with Crippen LogP contribution in [0.3, 0.4) is 0 Å². The molecule has 0 heterocycles. The Hall–Kier alpha value is -2.46. The van der Waals surface area contributed by atoms with Crippen LogP contribution in [0.5, 0.6) is 0 Å². The van der Waals surface area contributed by atoms with Gasteiger partial charge in [-0.05, 0) is 18.4 Å². The average Bonchev–Trinajstić information content (AvgIpc) is 2.47. The zero-order valence-electron chi connectivity index (χ0n) is 13.4. The zero-order valence-corrected chi connectivity index (χ0v) is 13.4. The molecule has 2 aromatic rings. The molecule has 0 aliphatic rings. The Kier molecular flexibility index (Phi) is 4.73. The topological polar surface area (TPSA) is 47.8 Å². The fraction of sp³-hybridized carbons (Fsp3) is 0.222. The van der Waals surface area contributed by atoms with Gasteiger partial charge >= 0.3 is 0 Å². The Morgan fingerprint density at radius 3 is 2.00 bits per heavy atom. The number of hydrogen-bond donors (Lipinski definition) is 0. The third-order valence-electron chi connectivity index (χ3n) is 2.93. The van der Waals surface area contributed by atoms with Crippen molar-refractivity contribution in [2.45, 2.75) is 6.92 Å². The first-order valence-electron chi connectivity index (χ1n) is 7.15. The van der Waals surface area contributed by atoms with E-state index in [1.807, 2.05) is 70.5 Å². The summed E-state index contributed by atoms with van der Waals surface area (Å²) in [4.78, 5) is 4.23. The zero-order chi connectivity index (χ0) is 16.2. The summed E-state index contributed by atoms with van der Waals surface area (Å²) in [6.45, 7) is 1.99. The van der Waals surface area contributed by atoms with Gasteiger partial charge in [0.05, 0.1) is 21.1 Å². The molecule has 4 nitrogen and oxygen atoms in total. The number of benzene rings is 2. The minimum absolute atomic E-state index is 0.281. The third kappa shape index (κ3) is 4.53. The highest BCUT2D eigenvalue weighted by atomic mass is 16.3. The van der Waals surface area contributed by atoms with Crippen molar-refractivity contribution in [1.82, 2.24) is 0 Å². The summed E-state index contributed by atoms with van der Waals surface area (Å²) in [5.74, 6) is 0.162. The molecule has 4 heteroatoms. The molecular formula is C18H21N3O. The molecule has 0 saturated heterocycles. The number of aryl methyl sites for hydroxylation is 1. The van der Waals surface area contributed by atoms with Gasteiger partial charge in [-0.15, -0.1) is 0 Å². The second-order valence-corrected chi connectivity index (χ2v) is 6.01. The predicted octanol–water partition coefficient (Wildman–Crippen LogP) is 2.17. The van der Waals surface area contributed by atoms with Crippen LogP contribution in [-0.4, -0.2) is 37.5 Å². The van der Waals surface area contributed by atoms with E-state index in [1.54, 1.807) is 12.1 Å². The lowest BCUT2D eigenvalue weighted by Crippen LogP contribution is -2.30. The van der Waals surface area contributed by atoms with Gasteiger partial charge in [0.1, 0.15) is 0 Å². The molecule has 22 heavy (non-hydrogen) atoms. The van der Waals surface area contributed by atoms with Crippen molar-refractivity contribution in [3.63, 3.8) is 0 Å². The molecule has 2 rings (SSSR count). The third-order valence-corrected chi connectivity index (χ3v) is 2.93. The van der Waals surface area contributed by atoms with E-state index in [9.17, 15) is 5.11 Å². The molecule has 0 saturated carbocycles. The van der Waals surface area contributed by atoms with Crippen LogP contribution in [-0.2, 0) is 0 Å². The van der Waals surface area contributed by atoms with Crippen LogP contribution in [0.15, 0.2) is 64.7 Å². The normalized spacial score (nSPS) is 13.3. The minimum atomic E-state index is -0.281. The smallest absolute Gasteiger partial charge is 0.214 e. The average molecular weight is 295 g/mol. The highest BCUT2D eigenvalue weighted by Crippen LogP contribution is 2.08. The first-order valence-corrected chi connectivity index (χ1v) is 7.15. The number of rotatable bonds is 3. The molecule has 114 valence electrons. The summed E-state index contributed by atoms with van der Waals surface area (Å²) in [5, 5.41) is 16.9. The van der Waals surface area contributed by atoms with E-state index in [-0.39, 0.29) is 5.90 Å². The molecule has 0 aromatic heterocycles. The fourth-order valence-corrected chi connectivity index (χ4v) is 1.87. The van der Waals surface area contributed by atoms with E-state index in [0.29, 0.717) is 16.0 Å². The van der Waals surface area contributed by atoms with Crippen molar-refractivity contribution in [2.75, 3.05) is 21.1 Å². The Morgan fingerprint density at radius 2 is 1.45 bits per heavy atom. The highest BCUT2D eigenvalue weighted by molar-refractivity contribution is 6.07. The van der Waals surface area contributed by atoms with Gasteiger partial charge in [0, 0.05) is 5.56 Å². The van der Waals surface area contributed by atoms with Crippen molar-refractivity contribution < 1.29 is 9.70 Å². The molecule has 0 unspecified atom stereocenters. The second-order valence-electron chi connectivity index (χ2n) is 6.01. The van der Waals surface area contributed by atoms with Crippen LogP contribution in [0.2, 0.25) is 0 Å². The van der Waals surface area contributed by atoms with Crippen molar-refractivity contribution in [2.24, 2.45) is 10.1 Å². The van der Waals surface area contributed by atoms with Gasteiger partial charge in [0.15, 0.2) is 0 Å². The van der Waals surface area contributed by atoms with Gasteiger partial charge in [0.2, 0.25) is 5.84 Å². The van der Waals surface area contributed by atoms with Gasteiger partial charge in [0.25, 0.3) is 0 Å². The lowest BCUT2D eigenvalue weighted by Gasteiger charge is -2.18. The Labute approximate surface area is 131 Å². The van der Waals surface area contributed by atoms with Gasteiger partial charge in [-0.2, -0.15) is 0 Å². The predicted molar refractivity (Wildman–Crippen MR) is 88.7 cm³/mol. The molecule has 2 aromatic carbocycles. The Bertz CT molecular complexity index is 681. The first-order chi connectivity index (χ1) is 10.3. The van der Waals surface area contributed by atoms with E-state index in [0.717, 1.165) is 11.1 Å². The molecule has 0 atom stereocenters. The van der Waals surface area contributed by atoms with Crippen LogP contribution in [0.25, 0.3) is 0 Å². The van der Waals surface area contributed by atoms with Crippen molar-refractivity contribution >= 4 is 11.7 Å². The van der Waals surface area contributed by atoms with Crippen LogP contribution in [0.1, 0.15) is 16.7 Å². The molecule has 0 aliphatic carbocycles. The van der Waals surface area contributed by atoms with Crippen LogP contribution in [0, 0.1) is 6.92 Å². The van der Waals surface area contributed by atoms with Crippen LogP contribution < -0.4 is 5.11 Å². The maximum absolute atomic E-state index is 12.4. The maximum atomic E-state index is 12.4. The standard InChI is InChI=1S/C18H21N3O/c1-14-10-12-16(13-11-14)18(22)19-17(20-21(2,3)4)15-8-6-5-7-9-15/h5-13H,1-4H3. The number of aliphatic imine (C=N–C) groups is 1. The number of hydrogen-bond acceptors (Lipinski definition) is 2. The molecule has 0 bridgehead atoms. The van der Waals surface area contributed by atoms with Crippen molar-refractivity contribution in [3.05, 3.63) is 71.3 Å². The summed E-state index contributed by atoms with van der Waals surface area (Å²) in [6.07, 6.45) is 0. The van der Waals surface area contributed by atoms with Crippen LogP contribution in [0.4, 0.5) is 0 Å². The lowest BCUT2D eigenvalue weighted by atomic mass is 10.1. The first kappa shape index (κ1) is 15.9. The number of quaternary nitrogens is 1. The SMILES string of the molecule is Cc1ccc(C([O-])=N/C(=N/[N+](C)(C)C)c2ccccc2)cc1. The van der Waals surface area contributed by atoms with Gasteiger partial charge < -0.3 is 5.11 Å². The summed E-state index contributed by atoms with van der Waals surface area (Å²) >= 11 is 0. The quantitative estimate of drug-likeness (QED) is 0.370. The number of amidine groups is 1. The van der Waals surface area contributed by atoms with Gasteiger partial charge in [-0.25, -0.2) is 9.58 Å². The maximum Gasteiger partial charge on any atom is 0.214 e. The van der Waals surface area contributed by atoms with E-state index in [4.69, 9.17) is 0 Å². The van der Waals surface area contributed by atoms with Crippen molar-refractivity contribution in [1.29, 1.82) is 0 Å². The molecule has 0 aliphatic heterocycles. The molecule has 0 fully saturated rings. The van der Waals surface area contributed by atoms with Crippen LogP contribution >= 0.6 is 0 Å². The second kappa shape index (κ2) is 6.54.